The summed E-state index contributed by atoms with van der Waals surface area (Å²) in [7, 11) is 4.03. The molecule has 1 aliphatic rings. The Balaban J connectivity index is 2.00. The number of anilines is 2. The van der Waals surface area contributed by atoms with Crippen molar-refractivity contribution >= 4 is 11.5 Å². The molecule has 2 atom stereocenters. The standard InChI is InChI=1S/C16H27N3/c1-12-8-14(10-16(2,3)9-12)18-13-6-7-15(17-11-13)19(4)5/h6-7,11-12,14,18H,8-10H2,1-5H3. The molecule has 1 aromatic heterocycles. The van der Waals surface area contributed by atoms with Gasteiger partial charge in [-0.15, -0.1) is 0 Å². The van der Waals surface area contributed by atoms with Crippen LogP contribution in [-0.2, 0) is 0 Å². The first-order valence-corrected chi connectivity index (χ1v) is 7.26. The second-order valence-electron chi connectivity index (χ2n) is 7.05. The highest BCUT2D eigenvalue weighted by molar-refractivity contribution is 5.48. The first-order chi connectivity index (χ1) is 8.85. The minimum atomic E-state index is 0.451. The molecule has 1 aromatic rings. The van der Waals surface area contributed by atoms with Crippen molar-refractivity contribution in [1.82, 2.24) is 4.98 Å². The van der Waals surface area contributed by atoms with Gasteiger partial charge in [-0.25, -0.2) is 4.98 Å². The van der Waals surface area contributed by atoms with Crippen LogP contribution in [-0.4, -0.2) is 25.1 Å². The highest BCUT2D eigenvalue weighted by Crippen LogP contribution is 2.39. The molecule has 0 radical (unpaired) electrons. The van der Waals surface area contributed by atoms with Crippen LogP contribution < -0.4 is 10.2 Å². The van der Waals surface area contributed by atoms with Crippen molar-refractivity contribution in [3.63, 3.8) is 0 Å². The van der Waals surface area contributed by atoms with Gasteiger partial charge in [-0.2, -0.15) is 0 Å². The van der Waals surface area contributed by atoms with E-state index in [2.05, 4.69) is 43.2 Å². The monoisotopic (exact) mass is 261 g/mol. The Labute approximate surface area is 117 Å². The summed E-state index contributed by atoms with van der Waals surface area (Å²) in [5.41, 5.74) is 1.59. The van der Waals surface area contributed by atoms with Crippen molar-refractivity contribution in [3.8, 4) is 0 Å². The molecule has 3 nitrogen and oxygen atoms in total. The number of hydrogen-bond donors (Lipinski definition) is 1. The fraction of sp³-hybridized carbons (Fsp3) is 0.688. The summed E-state index contributed by atoms with van der Waals surface area (Å²) in [4.78, 5) is 6.49. The summed E-state index contributed by atoms with van der Waals surface area (Å²) in [6.07, 6.45) is 5.79. The predicted molar refractivity (Wildman–Crippen MR) is 82.8 cm³/mol. The van der Waals surface area contributed by atoms with Crippen molar-refractivity contribution < 1.29 is 0 Å². The average Bonchev–Trinajstić information content (AvgIpc) is 2.26. The molecule has 2 rings (SSSR count). The van der Waals surface area contributed by atoms with Gasteiger partial charge in [-0.05, 0) is 42.7 Å². The predicted octanol–water partition coefficient (Wildman–Crippen LogP) is 3.77. The first-order valence-electron chi connectivity index (χ1n) is 7.26. The molecule has 19 heavy (non-hydrogen) atoms. The number of pyridine rings is 1. The highest BCUT2D eigenvalue weighted by Gasteiger charge is 2.31. The molecule has 1 fully saturated rings. The second-order valence-corrected chi connectivity index (χ2v) is 7.05. The minimum Gasteiger partial charge on any atom is -0.381 e. The van der Waals surface area contributed by atoms with E-state index in [4.69, 9.17) is 0 Å². The molecule has 1 saturated carbocycles. The summed E-state index contributed by atoms with van der Waals surface area (Å²) in [5, 5.41) is 3.65. The molecule has 0 aromatic carbocycles. The SMILES string of the molecule is CC1CC(Nc2ccc(N(C)C)nc2)CC(C)(C)C1. The molecular weight excluding hydrogens is 234 g/mol. The van der Waals surface area contributed by atoms with Crippen LogP contribution in [0.4, 0.5) is 11.5 Å². The van der Waals surface area contributed by atoms with Gasteiger partial charge in [0.2, 0.25) is 0 Å². The number of nitrogens with zero attached hydrogens (tertiary/aromatic N) is 2. The van der Waals surface area contributed by atoms with Gasteiger partial charge in [-0.3, -0.25) is 0 Å². The van der Waals surface area contributed by atoms with Crippen LogP contribution in [0.2, 0.25) is 0 Å². The summed E-state index contributed by atoms with van der Waals surface area (Å²) in [5.74, 6) is 1.80. The van der Waals surface area contributed by atoms with Gasteiger partial charge in [-0.1, -0.05) is 20.8 Å². The molecule has 1 N–H and O–H groups in total. The lowest BCUT2D eigenvalue weighted by Gasteiger charge is -2.39. The van der Waals surface area contributed by atoms with E-state index in [0.29, 0.717) is 11.5 Å². The zero-order valence-electron chi connectivity index (χ0n) is 12.9. The Morgan fingerprint density at radius 2 is 2.00 bits per heavy atom. The Bertz CT molecular complexity index is 409. The Morgan fingerprint density at radius 1 is 1.26 bits per heavy atom. The lowest BCUT2D eigenvalue weighted by atomic mass is 9.70. The zero-order chi connectivity index (χ0) is 14.0. The molecular formula is C16H27N3. The van der Waals surface area contributed by atoms with E-state index < -0.39 is 0 Å². The third-order valence-corrected chi connectivity index (χ3v) is 3.96. The lowest BCUT2D eigenvalue weighted by molar-refractivity contribution is 0.178. The van der Waals surface area contributed by atoms with Crippen molar-refractivity contribution in [2.45, 2.75) is 46.1 Å². The Hall–Kier alpha value is -1.25. The molecule has 1 aliphatic carbocycles. The summed E-state index contributed by atoms with van der Waals surface area (Å²) in [6, 6.07) is 4.78. The van der Waals surface area contributed by atoms with Gasteiger partial charge < -0.3 is 10.2 Å². The molecule has 0 saturated heterocycles. The first kappa shape index (κ1) is 14.2. The van der Waals surface area contributed by atoms with Crippen LogP contribution in [0.1, 0.15) is 40.0 Å². The normalized spacial score (nSPS) is 25.9. The van der Waals surface area contributed by atoms with Crippen molar-refractivity contribution in [1.29, 1.82) is 0 Å². The fourth-order valence-corrected chi connectivity index (χ4v) is 3.43. The van der Waals surface area contributed by atoms with E-state index in [1.54, 1.807) is 0 Å². The van der Waals surface area contributed by atoms with E-state index in [-0.39, 0.29) is 0 Å². The van der Waals surface area contributed by atoms with Gasteiger partial charge in [0.25, 0.3) is 0 Å². The minimum absolute atomic E-state index is 0.451. The maximum absolute atomic E-state index is 4.46. The summed E-state index contributed by atoms with van der Waals surface area (Å²) >= 11 is 0. The maximum atomic E-state index is 4.46. The van der Waals surface area contributed by atoms with E-state index in [0.717, 1.165) is 17.4 Å². The highest BCUT2D eigenvalue weighted by atomic mass is 15.1. The molecule has 0 bridgehead atoms. The van der Waals surface area contributed by atoms with Crippen LogP contribution in [0.15, 0.2) is 18.3 Å². The van der Waals surface area contributed by atoms with Crippen LogP contribution in [0.25, 0.3) is 0 Å². The second kappa shape index (κ2) is 5.40. The Kier molecular flexibility index (Phi) is 4.02. The third kappa shape index (κ3) is 3.85. The van der Waals surface area contributed by atoms with Gasteiger partial charge in [0, 0.05) is 20.1 Å². The molecule has 0 aliphatic heterocycles. The molecule has 0 spiro atoms. The Morgan fingerprint density at radius 3 is 2.53 bits per heavy atom. The van der Waals surface area contributed by atoms with Crippen molar-refractivity contribution in [2.24, 2.45) is 11.3 Å². The largest absolute Gasteiger partial charge is 0.381 e. The quantitative estimate of drug-likeness (QED) is 0.897. The van der Waals surface area contributed by atoms with Gasteiger partial charge in [0.15, 0.2) is 0 Å². The average molecular weight is 261 g/mol. The van der Waals surface area contributed by atoms with Crippen LogP contribution >= 0.6 is 0 Å². The van der Waals surface area contributed by atoms with E-state index in [1.165, 1.54) is 19.3 Å². The number of rotatable bonds is 3. The van der Waals surface area contributed by atoms with Gasteiger partial charge >= 0.3 is 0 Å². The number of aromatic nitrogens is 1. The zero-order valence-corrected chi connectivity index (χ0v) is 12.9. The third-order valence-electron chi connectivity index (χ3n) is 3.96. The molecule has 1 heterocycles. The molecule has 3 heteroatoms. The van der Waals surface area contributed by atoms with Crippen molar-refractivity contribution in [3.05, 3.63) is 18.3 Å². The van der Waals surface area contributed by atoms with E-state index in [9.17, 15) is 0 Å². The van der Waals surface area contributed by atoms with Crippen molar-refractivity contribution in [2.75, 3.05) is 24.3 Å². The van der Waals surface area contributed by atoms with Gasteiger partial charge in [0.1, 0.15) is 5.82 Å². The summed E-state index contributed by atoms with van der Waals surface area (Å²) < 4.78 is 0. The van der Waals surface area contributed by atoms with Crippen LogP contribution in [0.5, 0.6) is 0 Å². The van der Waals surface area contributed by atoms with Gasteiger partial charge in [0.05, 0.1) is 11.9 Å². The molecule has 106 valence electrons. The smallest absolute Gasteiger partial charge is 0.128 e. The van der Waals surface area contributed by atoms with Crippen LogP contribution in [0.3, 0.4) is 0 Å². The molecule has 2 unspecified atom stereocenters. The van der Waals surface area contributed by atoms with Crippen LogP contribution in [0, 0.1) is 11.3 Å². The van der Waals surface area contributed by atoms with E-state index >= 15 is 0 Å². The number of hydrogen-bond acceptors (Lipinski definition) is 3. The van der Waals surface area contributed by atoms with E-state index in [1.807, 2.05) is 25.2 Å². The molecule has 0 amide bonds. The number of nitrogens with one attached hydrogen (secondary N) is 1. The topological polar surface area (TPSA) is 28.2 Å². The maximum Gasteiger partial charge on any atom is 0.128 e. The summed E-state index contributed by atoms with van der Waals surface area (Å²) in [6.45, 7) is 7.12. The fourth-order valence-electron chi connectivity index (χ4n) is 3.43. The lowest BCUT2D eigenvalue weighted by Crippen LogP contribution is -2.35.